The molecule has 0 saturated heterocycles. The summed E-state index contributed by atoms with van der Waals surface area (Å²) in [5.74, 6) is -0.362. The fourth-order valence-corrected chi connectivity index (χ4v) is 2.63. The maximum absolute atomic E-state index is 11.9. The van der Waals surface area contributed by atoms with Gasteiger partial charge in [0, 0.05) is 16.3 Å². The number of aromatic nitrogens is 2. The van der Waals surface area contributed by atoms with E-state index in [1.807, 2.05) is 30.3 Å². The standard InChI is InChI=1S/C19H17ClN4O2/c1-12-8-17(23-22-12)19(26)24-21-11-15-10-13(6-7-18(15)25)9-14-4-2-3-5-16(14)20/h2-8,10-11,25H,9H2,1H3,(H,22,23)(H,24,26)/b21-11+. The number of halogens is 1. The average Bonchev–Trinajstić information content (AvgIpc) is 3.06. The number of benzene rings is 2. The molecular formula is C19H17ClN4O2. The Hall–Kier alpha value is -3.12. The van der Waals surface area contributed by atoms with Crippen LogP contribution in [0.15, 0.2) is 53.6 Å². The molecule has 0 aliphatic heterocycles. The largest absolute Gasteiger partial charge is 0.507 e. The van der Waals surface area contributed by atoms with Crippen molar-refractivity contribution < 1.29 is 9.90 Å². The molecule has 0 atom stereocenters. The van der Waals surface area contributed by atoms with Crippen LogP contribution in [0.1, 0.15) is 32.9 Å². The van der Waals surface area contributed by atoms with Crippen LogP contribution in [0.3, 0.4) is 0 Å². The predicted molar refractivity (Wildman–Crippen MR) is 101 cm³/mol. The monoisotopic (exact) mass is 368 g/mol. The zero-order valence-corrected chi connectivity index (χ0v) is 14.8. The highest BCUT2D eigenvalue weighted by Crippen LogP contribution is 2.22. The summed E-state index contributed by atoms with van der Waals surface area (Å²) in [7, 11) is 0. The SMILES string of the molecule is Cc1cc(C(=O)N/N=C/c2cc(Cc3ccccc3Cl)ccc2O)n[nH]1. The molecule has 0 unspecified atom stereocenters. The molecule has 0 aliphatic rings. The van der Waals surface area contributed by atoms with Crippen molar-refractivity contribution in [3.63, 3.8) is 0 Å². The number of carbonyl (C=O) groups excluding carboxylic acids is 1. The molecule has 6 nitrogen and oxygen atoms in total. The molecular weight excluding hydrogens is 352 g/mol. The van der Waals surface area contributed by atoms with Crippen molar-refractivity contribution in [3.05, 3.63) is 81.6 Å². The second kappa shape index (κ2) is 7.84. The first-order chi connectivity index (χ1) is 12.5. The van der Waals surface area contributed by atoms with Crippen LogP contribution >= 0.6 is 11.6 Å². The van der Waals surface area contributed by atoms with E-state index < -0.39 is 5.91 Å². The first kappa shape index (κ1) is 17.7. The van der Waals surface area contributed by atoms with Crippen LogP contribution in [0.25, 0.3) is 0 Å². The number of nitrogens with zero attached hydrogens (tertiary/aromatic N) is 2. The van der Waals surface area contributed by atoms with Gasteiger partial charge >= 0.3 is 0 Å². The Labute approximate surface area is 155 Å². The lowest BCUT2D eigenvalue weighted by molar-refractivity contribution is 0.0950. The van der Waals surface area contributed by atoms with Crippen molar-refractivity contribution in [2.24, 2.45) is 5.10 Å². The van der Waals surface area contributed by atoms with Gasteiger partial charge in [0.25, 0.3) is 5.91 Å². The second-order valence-electron chi connectivity index (χ2n) is 5.80. The highest BCUT2D eigenvalue weighted by Gasteiger charge is 2.08. The van der Waals surface area contributed by atoms with Crippen molar-refractivity contribution >= 4 is 23.7 Å². The first-order valence-electron chi connectivity index (χ1n) is 7.93. The van der Waals surface area contributed by atoms with E-state index in [1.54, 1.807) is 25.1 Å². The molecule has 1 aromatic heterocycles. The second-order valence-corrected chi connectivity index (χ2v) is 6.20. The molecule has 2 aromatic carbocycles. The normalized spacial score (nSPS) is 11.0. The third kappa shape index (κ3) is 4.29. The highest BCUT2D eigenvalue weighted by atomic mass is 35.5. The number of aromatic amines is 1. The van der Waals surface area contributed by atoms with E-state index >= 15 is 0 Å². The van der Waals surface area contributed by atoms with E-state index in [4.69, 9.17) is 11.6 Å². The van der Waals surface area contributed by atoms with E-state index in [1.165, 1.54) is 6.21 Å². The fraction of sp³-hybridized carbons (Fsp3) is 0.105. The van der Waals surface area contributed by atoms with Gasteiger partial charge in [0.05, 0.1) is 6.21 Å². The molecule has 0 bridgehead atoms. The van der Waals surface area contributed by atoms with Gasteiger partial charge in [0.2, 0.25) is 0 Å². The van der Waals surface area contributed by atoms with E-state index in [0.717, 1.165) is 16.8 Å². The lowest BCUT2D eigenvalue weighted by atomic mass is 10.0. The lowest BCUT2D eigenvalue weighted by Crippen LogP contribution is -2.18. The maximum atomic E-state index is 11.9. The highest BCUT2D eigenvalue weighted by molar-refractivity contribution is 6.31. The molecule has 0 aliphatic carbocycles. The van der Waals surface area contributed by atoms with Gasteiger partial charge in [-0.2, -0.15) is 10.2 Å². The fourth-order valence-electron chi connectivity index (χ4n) is 2.43. The Bertz CT molecular complexity index is 966. The number of phenolic OH excluding ortho intramolecular Hbond substituents is 1. The Kier molecular flexibility index (Phi) is 5.34. The van der Waals surface area contributed by atoms with Crippen molar-refractivity contribution in [2.75, 3.05) is 0 Å². The average molecular weight is 369 g/mol. The number of hydrogen-bond donors (Lipinski definition) is 3. The molecule has 0 fully saturated rings. The van der Waals surface area contributed by atoms with Crippen molar-refractivity contribution in [1.29, 1.82) is 0 Å². The minimum atomic E-state index is -0.433. The molecule has 0 radical (unpaired) electrons. The van der Waals surface area contributed by atoms with Crippen LogP contribution in [0.5, 0.6) is 5.75 Å². The Morgan fingerprint density at radius 1 is 1.31 bits per heavy atom. The van der Waals surface area contributed by atoms with Crippen molar-refractivity contribution in [1.82, 2.24) is 15.6 Å². The number of carbonyl (C=O) groups is 1. The minimum Gasteiger partial charge on any atom is -0.507 e. The third-order valence-electron chi connectivity index (χ3n) is 3.75. The van der Waals surface area contributed by atoms with E-state index in [0.29, 0.717) is 17.0 Å². The zero-order valence-electron chi connectivity index (χ0n) is 14.0. The molecule has 132 valence electrons. The number of aromatic hydroxyl groups is 1. The summed E-state index contributed by atoms with van der Waals surface area (Å²) in [4.78, 5) is 11.9. The number of H-pyrrole nitrogens is 1. The molecule has 3 rings (SSSR count). The quantitative estimate of drug-likeness (QED) is 0.476. The first-order valence-corrected chi connectivity index (χ1v) is 8.31. The summed E-state index contributed by atoms with van der Waals surface area (Å²) < 4.78 is 0. The number of hydrazone groups is 1. The van der Waals surface area contributed by atoms with Crippen LogP contribution in [0.2, 0.25) is 5.02 Å². The zero-order chi connectivity index (χ0) is 18.5. The Morgan fingerprint density at radius 2 is 2.12 bits per heavy atom. The summed E-state index contributed by atoms with van der Waals surface area (Å²) in [6, 6.07) is 14.4. The minimum absolute atomic E-state index is 0.0709. The van der Waals surface area contributed by atoms with Crippen LogP contribution < -0.4 is 5.43 Å². The lowest BCUT2D eigenvalue weighted by Gasteiger charge is -2.06. The van der Waals surface area contributed by atoms with Crippen molar-refractivity contribution in [2.45, 2.75) is 13.3 Å². The molecule has 1 amide bonds. The number of amides is 1. The summed E-state index contributed by atoms with van der Waals surface area (Å²) in [5, 5.41) is 21.1. The molecule has 0 spiro atoms. The van der Waals surface area contributed by atoms with Gasteiger partial charge in [0.15, 0.2) is 5.69 Å². The predicted octanol–water partition coefficient (Wildman–Crippen LogP) is 3.43. The number of hydrogen-bond acceptors (Lipinski definition) is 4. The number of phenols is 1. The van der Waals surface area contributed by atoms with Gasteiger partial charge in [0.1, 0.15) is 5.75 Å². The molecule has 3 N–H and O–H groups in total. The van der Waals surface area contributed by atoms with E-state index in [9.17, 15) is 9.90 Å². The number of nitrogens with one attached hydrogen (secondary N) is 2. The van der Waals surface area contributed by atoms with Gasteiger partial charge in [-0.15, -0.1) is 0 Å². The van der Waals surface area contributed by atoms with Gasteiger partial charge in [-0.05, 0) is 48.7 Å². The molecule has 0 saturated carbocycles. The maximum Gasteiger partial charge on any atom is 0.291 e. The summed E-state index contributed by atoms with van der Waals surface area (Å²) in [5.41, 5.74) is 5.86. The van der Waals surface area contributed by atoms with Crippen LogP contribution in [-0.2, 0) is 6.42 Å². The summed E-state index contributed by atoms with van der Waals surface area (Å²) in [6.45, 7) is 1.80. The van der Waals surface area contributed by atoms with Crippen LogP contribution in [0, 0.1) is 6.92 Å². The number of aryl methyl sites for hydroxylation is 1. The molecule has 3 aromatic rings. The van der Waals surface area contributed by atoms with Gasteiger partial charge in [-0.25, -0.2) is 5.43 Å². The van der Waals surface area contributed by atoms with Crippen molar-refractivity contribution in [3.8, 4) is 5.75 Å². The summed E-state index contributed by atoms with van der Waals surface area (Å²) in [6.07, 6.45) is 2.02. The van der Waals surface area contributed by atoms with Gasteiger partial charge < -0.3 is 5.11 Å². The smallest absolute Gasteiger partial charge is 0.291 e. The van der Waals surface area contributed by atoms with Gasteiger partial charge in [-0.1, -0.05) is 35.9 Å². The van der Waals surface area contributed by atoms with E-state index in [2.05, 4.69) is 20.7 Å². The third-order valence-corrected chi connectivity index (χ3v) is 4.12. The molecule has 7 heteroatoms. The topological polar surface area (TPSA) is 90.4 Å². The van der Waals surface area contributed by atoms with E-state index in [-0.39, 0.29) is 11.4 Å². The van der Waals surface area contributed by atoms with Crippen LogP contribution in [-0.4, -0.2) is 27.4 Å². The van der Waals surface area contributed by atoms with Gasteiger partial charge in [-0.3, -0.25) is 9.89 Å². The van der Waals surface area contributed by atoms with Crippen LogP contribution in [0.4, 0.5) is 0 Å². The summed E-state index contributed by atoms with van der Waals surface area (Å²) >= 11 is 6.19. The number of rotatable bonds is 5. The Morgan fingerprint density at radius 3 is 2.85 bits per heavy atom. The Balaban J connectivity index is 1.71. The molecule has 26 heavy (non-hydrogen) atoms. The molecule has 1 heterocycles.